The first kappa shape index (κ1) is 78.5. The lowest BCUT2D eigenvalue weighted by molar-refractivity contribution is -0.167. The average Bonchev–Trinajstić information content (AvgIpc) is 3.50. The molecule has 1 atom stereocenters. The molecule has 0 aliphatic heterocycles. The summed E-state index contributed by atoms with van der Waals surface area (Å²) in [5, 5.41) is 0. The molecule has 0 aromatic rings. The summed E-state index contributed by atoms with van der Waals surface area (Å²) in [4.78, 5) is 38.5. The van der Waals surface area contributed by atoms with Crippen molar-refractivity contribution < 1.29 is 28.6 Å². The molecule has 0 aliphatic rings. The number of allylic oxidation sites excluding steroid dienone is 22. The van der Waals surface area contributed by atoms with Gasteiger partial charge < -0.3 is 14.2 Å². The predicted molar refractivity (Wildman–Crippen MR) is 362 cm³/mol. The topological polar surface area (TPSA) is 78.9 Å². The SMILES string of the molecule is CC/C=C\C/C=C\C/C=C\C/C=C\C/C=C\CCCCCC(=O)OC(COC(=O)CCCCCCCC/C=C\C/C=C\C/C=C\C/C=C\CC)COC(=O)CCCCCCCCCCCCCCCCC/C=C\C/C=C\CCCCCCC. The number of esters is 3. The highest BCUT2D eigenvalue weighted by Crippen LogP contribution is 2.16. The number of ether oxygens (including phenoxy) is 3. The van der Waals surface area contributed by atoms with Gasteiger partial charge >= 0.3 is 17.9 Å². The van der Waals surface area contributed by atoms with Crippen molar-refractivity contribution in [2.45, 2.75) is 322 Å². The highest BCUT2D eigenvalue weighted by atomic mass is 16.6. The molecule has 0 fully saturated rings. The molecule has 0 heterocycles. The lowest BCUT2D eigenvalue weighted by Gasteiger charge is -2.18. The van der Waals surface area contributed by atoms with E-state index in [1.807, 2.05) is 0 Å². The fourth-order valence-electron chi connectivity index (χ4n) is 9.49. The maximum atomic E-state index is 12.9. The van der Waals surface area contributed by atoms with Gasteiger partial charge in [0.1, 0.15) is 13.2 Å². The van der Waals surface area contributed by atoms with Gasteiger partial charge in [0.2, 0.25) is 0 Å². The summed E-state index contributed by atoms with van der Waals surface area (Å²) in [6, 6.07) is 0. The average molecular weight is 1150 g/mol. The molecule has 1 unspecified atom stereocenters. The number of hydrogen-bond acceptors (Lipinski definition) is 6. The van der Waals surface area contributed by atoms with Crippen LogP contribution in [-0.4, -0.2) is 37.2 Å². The second kappa shape index (κ2) is 70.0. The Bertz CT molecular complexity index is 1750. The first-order valence-electron chi connectivity index (χ1n) is 34.7. The van der Waals surface area contributed by atoms with Gasteiger partial charge in [0, 0.05) is 19.3 Å². The molecule has 6 heteroatoms. The van der Waals surface area contributed by atoms with Gasteiger partial charge in [-0.15, -0.1) is 0 Å². The van der Waals surface area contributed by atoms with Gasteiger partial charge in [-0.25, -0.2) is 0 Å². The van der Waals surface area contributed by atoms with Crippen LogP contribution < -0.4 is 0 Å². The molecule has 0 aromatic heterocycles. The van der Waals surface area contributed by atoms with E-state index in [1.165, 1.54) is 135 Å². The van der Waals surface area contributed by atoms with Crippen LogP contribution in [0.2, 0.25) is 0 Å². The van der Waals surface area contributed by atoms with Crippen LogP contribution in [0.5, 0.6) is 0 Å². The fraction of sp³-hybridized carbons (Fsp3) is 0.675. The Labute approximate surface area is 513 Å². The van der Waals surface area contributed by atoms with Crippen molar-refractivity contribution in [1.29, 1.82) is 0 Å². The molecule has 0 aromatic carbocycles. The van der Waals surface area contributed by atoms with Crippen LogP contribution in [0.15, 0.2) is 134 Å². The fourth-order valence-corrected chi connectivity index (χ4v) is 9.49. The number of unbranched alkanes of at least 4 members (excludes halogenated alkanes) is 29. The van der Waals surface area contributed by atoms with Crippen LogP contribution >= 0.6 is 0 Å². The van der Waals surface area contributed by atoms with Crippen LogP contribution in [0.1, 0.15) is 316 Å². The molecule has 6 nitrogen and oxygen atoms in total. The summed E-state index contributed by atoms with van der Waals surface area (Å²) >= 11 is 0. The van der Waals surface area contributed by atoms with Crippen LogP contribution in [0.3, 0.4) is 0 Å². The van der Waals surface area contributed by atoms with E-state index in [-0.39, 0.29) is 37.5 Å². The maximum Gasteiger partial charge on any atom is 0.306 e. The zero-order valence-electron chi connectivity index (χ0n) is 54.2. The Morgan fingerprint density at radius 1 is 0.253 bits per heavy atom. The van der Waals surface area contributed by atoms with E-state index < -0.39 is 6.10 Å². The first-order chi connectivity index (χ1) is 41.0. The molecule has 0 amide bonds. The standard InChI is InChI=1S/C77H128O6/c1-4-7-10-13-16-19-22-25-28-31-34-35-36-37-38-39-40-41-44-46-49-52-55-58-61-64-67-70-76(79)82-73-74(83-77(80)71-68-65-62-59-56-53-50-47-43-33-30-27-24-21-18-15-12-9-6-3)72-81-75(78)69-66-63-60-57-54-51-48-45-42-32-29-26-23-20-17-14-11-8-5-2/h8-9,11-12,17-18,20-22,25-27,29-31,34,42-43,45,47,53,56,74H,4-7,10,13-16,19,23-24,28,32-33,35-41,44,46,48-52,54-55,57-73H2,1-3H3/b11-8-,12-9-,20-17-,21-18-,25-22-,29-26-,30-27-,34-31-,45-42-,47-43-,56-53-. The molecule has 0 spiro atoms. The molecule has 472 valence electrons. The Morgan fingerprint density at radius 3 is 0.747 bits per heavy atom. The van der Waals surface area contributed by atoms with E-state index in [2.05, 4.69) is 154 Å². The number of carbonyl (C=O) groups excluding carboxylic acids is 3. The van der Waals surface area contributed by atoms with Gasteiger partial charge in [0.25, 0.3) is 0 Å². The van der Waals surface area contributed by atoms with Crippen molar-refractivity contribution in [2.24, 2.45) is 0 Å². The van der Waals surface area contributed by atoms with Crippen LogP contribution in [-0.2, 0) is 28.6 Å². The van der Waals surface area contributed by atoms with Gasteiger partial charge in [0.15, 0.2) is 6.10 Å². The Balaban J connectivity index is 4.40. The van der Waals surface area contributed by atoms with E-state index in [0.717, 1.165) is 141 Å². The second-order valence-electron chi connectivity index (χ2n) is 22.7. The van der Waals surface area contributed by atoms with Crippen molar-refractivity contribution in [3.63, 3.8) is 0 Å². The molecule has 0 rings (SSSR count). The largest absolute Gasteiger partial charge is 0.462 e. The lowest BCUT2D eigenvalue weighted by Crippen LogP contribution is -2.30. The quantitative estimate of drug-likeness (QED) is 0.0261. The van der Waals surface area contributed by atoms with Crippen molar-refractivity contribution in [3.8, 4) is 0 Å². The highest BCUT2D eigenvalue weighted by Gasteiger charge is 2.19. The Hall–Kier alpha value is -4.45. The van der Waals surface area contributed by atoms with E-state index in [1.54, 1.807) is 0 Å². The third-order valence-corrected chi connectivity index (χ3v) is 14.6. The van der Waals surface area contributed by atoms with Crippen LogP contribution in [0.4, 0.5) is 0 Å². The summed E-state index contributed by atoms with van der Waals surface area (Å²) in [7, 11) is 0. The third kappa shape index (κ3) is 68.2. The molecule has 0 radical (unpaired) electrons. The van der Waals surface area contributed by atoms with Gasteiger partial charge in [-0.3, -0.25) is 14.4 Å². The normalized spacial score (nSPS) is 13.0. The van der Waals surface area contributed by atoms with Crippen molar-refractivity contribution in [1.82, 2.24) is 0 Å². The predicted octanol–water partition coefficient (Wildman–Crippen LogP) is 24.1. The van der Waals surface area contributed by atoms with Gasteiger partial charge in [0.05, 0.1) is 0 Å². The third-order valence-electron chi connectivity index (χ3n) is 14.6. The summed E-state index contributed by atoms with van der Waals surface area (Å²) in [6.45, 7) is 6.39. The van der Waals surface area contributed by atoms with Gasteiger partial charge in [-0.05, 0) is 135 Å². The monoisotopic (exact) mass is 1150 g/mol. The van der Waals surface area contributed by atoms with E-state index in [4.69, 9.17) is 14.2 Å². The molecule has 0 bridgehead atoms. The molecular weight excluding hydrogens is 1020 g/mol. The minimum Gasteiger partial charge on any atom is -0.462 e. The zero-order valence-corrected chi connectivity index (χ0v) is 54.2. The van der Waals surface area contributed by atoms with Crippen molar-refractivity contribution in [2.75, 3.05) is 13.2 Å². The zero-order chi connectivity index (χ0) is 59.9. The first-order valence-corrected chi connectivity index (χ1v) is 34.7. The van der Waals surface area contributed by atoms with Gasteiger partial charge in [-0.2, -0.15) is 0 Å². The molecule has 0 N–H and O–H groups in total. The molecular formula is C77H128O6. The van der Waals surface area contributed by atoms with Crippen molar-refractivity contribution in [3.05, 3.63) is 134 Å². The molecule has 83 heavy (non-hydrogen) atoms. The lowest BCUT2D eigenvalue weighted by atomic mass is 10.0. The number of hydrogen-bond donors (Lipinski definition) is 0. The number of carbonyl (C=O) groups is 3. The summed E-state index contributed by atoms with van der Waals surface area (Å²) < 4.78 is 16.9. The Kier molecular flexibility index (Phi) is 66.3. The highest BCUT2D eigenvalue weighted by molar-refractivity contribution is 5.71. The second-order valence-corrected chi connectivity index (χ2v) is 22.7. The van der Waals surface area contributed by atoms with Crippen molar-refractivity contribution >= 4 is 17.9 Å². The minimum atomic E-state index is -0.808. The van der Waals surface area contributed by atoms with Gasteiger partial charge in [-0.1, -0.05) is 296 Å². The maximum absolute atomic E-state index is 12.9. The smallest absolute Gasteiger partial charge is 0.306 e. The van der Waals surface area contributed by atoms with E-state index in [9.17, 15) is 14.4 Å². The molecule has 0 saturated carbocycles. The number of rotatable bonds is 62. The summed E-state index contributed by atoms with van der Waals surface area (Å²) in [6.07, 6.45) is 99.0. The van der Waals surface area contributed by atoms with E-state index in [0.29, 0.717) is 12.8 Å². The summed E-state index contributed by atoms with van der Waals surface area (Å²) in [5.41, 5.74) is 0. The molecule has 0 saturated heterocycles. The van der Waals surface area contributed by atoms with Crippen LogP contribution in [0, 0.1) is 0 Å². The van der Waals surface area contributed by atoms with Crippen LogP contribution in [0.25, 0.3) is 0 Å². The Morgan fingerprint density at radius 2 is 0.470 bits per heavy atom. The minimum absolute atomic E-state index is 0.0987. The van der Waals surface area contributed by atoms with E-state index >= 15 is 0 Å². The summed E-state index contributed by atoms with van der Waals surface area (Å²) in [5.74, 6) is -0.939. The molecule has 0 aliphatic carbocycles.